The number of amides is 2. The van der Waals surface area contributed by atoms with Crippen molar-refractivity contribution in [3.63, 3.8) is 0 Å². The minimum Gasteiger partial charge on any atom is -0.377 e. The molecule has 0 unspecified atom stereocenters. The van der Waals surface area contributed by atoms with Crippen molar-refractivity contribution in [2.24, 2.45) is 0 Å². The summed E-state index contributed by atoms with van der Waals surface area (Å²) in [5.41, 5.74) is 1.79. The third kappa shape index (κ3) is 5.72. The summed E-state index contributed by atoms with van der Waals surface area (Å²) in [6.45, 7) is 4.75. The largest absolute Gasteiger partial charge is 0.377 e. The van der Waals surface area contributed by atoms with Crippen LogP contribution in [0.5, 0.6) is 0 Å². The van der Waals surface area contributed by atoms with Crippen molar-refractivity contribution >= 4 is 44.6 Å². The van der Waals surface area contributed by atoms with E-state index in [2.05, 4.69) is 65.2 Å². The summed E-state index contributed by atoms with van der Waals surface area (Å²) in [5, 5.41) is 12.9. The van der Waals surface area contributed by atoms with Gasteiger partial charge in [-0.1, -0.05) is 74.9 Å². The maximum Gasteiger partial charge on any atom is 0.250 e. The molecule has 0 spiro atoms. The van der Waals surface area contributed by atoms with Crippen LogP contribution in [0, 0.1) is 0 Å². The molecular weight excluding hydrogens is 424 g/mol. The van der Waals surface area contributed by atoms with Crippen molar-refractivity contribution in [1.82, 2.24) is 10.6 Å². The molecule has 178 valence electrons. The van der Waals surface area contributed by atoms with E-state index in [1.165, 1.54) is 44.1 Å². The van der Waals surface area contributed by atoms with Crippen LogP contribution in [0.2, 0.25) is 0 Å². The lowest BCUT2D eigenvalue weighted by Crippen LogP contribution is -2.24. The van der Waals surface area contributed by atoms with E-state index in [0.29, 0.717) is 18.6 Å². The third-order valence-electron chi connectivity index (χ3n) is 5.96. The van der Waals surface area contributed by atoms with Gasteiger partial charge in [0.05, 0.1) is 12.2 Å². The molecule has 2 N–H and O–H groups in total. The first kappa shape index (κ1) is 25.2. The molecule has 0 aliphatic rings. The normalized spacial score (nSPS) is 11.4. The third-order valence-corrected chi connectivity index (χ3v) is 5.96. The molecule has 5 nitrogen and oxygen atoms in total. The average Bonchev–Trinajstić information content (AvgIpc) is 2.89. The molecule has 0 heterocycles. The van der Waals surface area contributed by atoms with Crippen molar-refractivity contribution in [2.75, 3.05) is 20.3 Å². The summed E-state index contributed by atoms with van der Waals surface area (Å²) in [6, 6.07) is 19.9. The van der Waals surface area contributed by atoms with Crippen LogP contribution in [0.3, 0.4) is 0 Å². The Morgan fingerprint density at radius 2 is 1.56 bits per heavy atom. The molecule has 0 fully saturated rings. The summed E-state index contributed by atoms with van der Waals surface area (Å²) in [4.78, 5) is 22.2. The van der Waals surface area contributed by atoms with Gasteiger partial charge in [-0.25, -0.2) is 0 Å². The van der Waals surface area contributed by atoms with E-state index < -0.39 is 0 Å². The quantitative estimate of drug-likeness (QED) is 0.131. The van der Waals surface area contributed by atoms with Crippen molar-refractivity contribution in [3.05, 3.63) is 71.9 Å². The molecule has 0 atom stereocenters. The summed E-state index contributed by atoms with van der Waals surface area (Å²) in [5.74, 6) is -0.256. The predicted molar refractivity (Wildman–Crippen MR) is 141 cm³/mol. The van der Waals surface area contributed by atoms with Gasteiger partial charge >= 0.3 is 0 Å². The molecule has 4 aromatic rings. The van der Waals surface area contributed by atoms with Crippen LogP contribution in [-0.4, -0.2) is 32.6 Å². The second kappa shape index (κ2) is 12.7. The van der Waals surface area contributed by atoms with Crippen LogP contribution >= 0.6 is 0 Å². The van der Waals surface area contributed by atoms with Gasteiger partial charge in [0.25, 0.3) is 5.91 Å². The summed E-state index contributed by atoms with van der Waals surface area (Å²) in [7, 11) is 1.55. The molecule has 34 heavy (non-hydrogen) atoms. The fourth-order valence-electron chi connectivity index (χ4n) is 4.36. The number of ether oxygens (including phenoxy) is 1. The lowest BCUT2D eigenvalue weighted by Gasteiger charge is -2.14. The van der Waals surface area contributed by atoms with E-state index in [1.54, 1.807) is 7.05 Å². The van der Waals surface area contributed by atoms with E-state index in [-0.39, 0.29) is 12.5 Å². The summed E-state index contributed by atoms with van der Waals surface area (Å²) < 4.78 is 5.63. The standard InChI is InChI=1S/C27H28N2O3.C2H6/c1-28-27(31)23(16-29-18-30)17-32-15-4-2-3-6-19-9-10-22-12-11-20-7-5-8-21-13-14-24(19)26(22)25(20)21;1-2/h5,7-14,16,18H,2-4,6,15,17H2,1H3,(H,28,31)(H,29,30);1-2H3/b23-16-;. The monoisotopic (exact) mass is 458 g/mol. The Hall–Kier alpha value is -3.44. The first-order chi connectivity index (χ1) is 16.7. The van der Waals surface area contributed by atoms with Crippen LogP contribution < -0.4 is 10.6 Å². The fraction of sp³-hybridized carbons (Fsp3) is 0.310. The van der Waals surface area contributed by atoms with Gasteiger partial charge in [-0.15, -0.1) is 0 Å². The first-order valence-electron chi connectivity index (χ1n) is 12.1. The number of carbonyl (C=O) groups excluding carboxylic acids is 2. The zero-order valence-corrected chi connectivity index (χ0v) is 20.3. The number of carbonyl (C=O) groups is 2. The van der Waals surface area contributed by atoms with Gasteiger partial charge in [-0.3, -0.25) is 9.59 Å². The molecule has 0 aromatic heterocycles. The lowest BCUT2D eigenvalue weighted by molar-refractivity contribution is -0.117. The Morgan fingerprint density at radius 3 is 2.26 bits per heavy atom. The molecule has 0 aliphatic heterocycles. The molecular formula is C29H34N2O3. The second-order valence-electron chi connectivity index (χ2n) is 7.98. The highest BCUT2D eigenvalue weighted by Gasteiger charge is 2.11. The van der Waals surface area contributed by atoms with E-state index in [1.807, 2.05) is 13.8 Å². The SMILES string of the molecule is CC.CNC(=O)/C(=C\NC=O)COCCCCCc1ccc2ccc3cccc4ccc1c2c34. The lowest BCUT2D eigenvalue weighted by atomic mass is 9.90. The van der Waals surface area contributed by atoms with Gasteiger partial charge < -0.3 is 15.4 Å². The smallest absolute Gasteiger partial charge is 0.250 e. The van der Waals surface area contributed by atoms with Gasteiger partial charge in [-0.05, 0) is 57.1 Å². The molecule has 2 amide bonds. The van der Waals surface area contributed by atoms with Gasteiger partial charge in [0.1, 0.15) is 0 Å². The number of likely N-dealkylation sites (N-methyl/N-ethyl adjacent to an activating group) is 1. The van der Waals surface area contributed by atoms with Crippen molar-refractivity contribution < 1.29 is 14.3 Å². The Labute approximate surface area is 201 Å². The minimum atomic E-state index is -0.256. The van der Waals surface area contributed by atoms with E-state index in [9.17, 15) is 9.59 Å². The van der Waals surface area contributed by atoms with Gasteiger partial charge in [0.2, 0.25) is 6.41 Å². The fourth-order valence-corrected chi connectivity index (χ4v) is 4.36. The van der Waals surface area contributed by atoms with Crippen LogP contribution in [-0.2, 0) is 20.7 Å². The highest BCUT2D eigenvalue weighted by Crippen LogP contribution is 2.36. The number of hydrogen-bond donors (Lipinski definition) is 2. The molecule has 4 aromatic carbocycles. The number of aryl methyl sites for hydroxylation is 1. The Bertz CT molecular complexity index is 1250. The zero-order chi connectivity index (χ0) is 24.3. The molecule has 0 aliphatic carbocycles. The average molecular weight is 459 g/mol. The van der Waals surface area contributed by atoms with Crippen molar-refractivity contribution in [2.45, 2.75) is 39.5 Å². The number of rotatable bonds is 11. The molecule has 4 rings (SSSR count). The topological polar surface area (TPSA) is 67.4 Å². The van der Waals surface area contributed by atoms with Crippen molar-refractivity contribution in [3.8, 4) is 0 Å². The zero-order valence-electron chi connectivity index (χ0n) is 20.3. The second-order valence-corrected chi connectivity index (χ2v) is 7.98. The Morgan fingerprint density at radius 1 is 0.882 bits per heavy atom. The Balaban J connectivity index is 0.00000158. The minimum absolute atomic E-state index is 0.176. The summed E-state index contributed by atoms with van der Waals surface area (Å²) in [6.07, 6.45) is 5.99. The van der Waals surface area contributed by atoms with E-state index >= 15 is 0 Å². The first-order valence-corrected chi connectivity index (χ1v) is 12.1. The molecule has 5 heteroatoms. The number of hydrogen-bond acceptors (Lipinski definition) is 3. The highest BCUT2D eigenvalue weighted by molar-refractivity contribution is 6.23. The maximum absolute atomic E-state index is 11.8. The number of benzene rings is 4. The van der Waals surface area contributed by atoms with Crippen LogP contribution in [0.15, 0.2) is 66.4 Å². The number of nitrogens with one attached hydrogen (secondary N) is 2. The number of unbranched alkanes of at least 4 members (excludes halogenated alkanes) is 2. The predicted octanol–water partition coefficient (Wildman–Crippen LogP) is 5.72. The molecule has 0 saturated heterocycles. The van der Waals surface area contributed by atoms with Crippen LogP contribution in [0.25, 0.3) is 32.3 Å². The van der Waals surface area contributed by atoms with Crippen molar-refractivity contribution in [1.29, 1.82) is 0 Å². The van der Waals surface area contributed by atoms with Crippen LogP contribution in [0.1, 0.15) is 38.7 Å². The molecule has 0 radical (unpaired) electrons. The summed E-state index contributed by atoms with van der Waals surface area (Å²) >= 11 is 0. The van der Waals surface area contributed by atoms with Gasteiger partial charge in [0, 0.05) is 19.9 Å². The molecule has 0 saturated carbocycles. The van der Waals surface area contributed by atoms with Crippen LogP contribution in [0.4, 0.5) is 0 Å². The van der Waals surface area contributed by atoms with E-state index in [0.717, 1.165) is 25.7 Å². The van der Waals surface area contributed by atoms with Gasteiger partial charge in [0.15, 0.2) is 0 Å². The molecule has 0 bridgehead atoms. The maximum atomic E-state index is 11.8. The highest BCUT2D eigenvalue weighted by atomic mass is 16.5. The Kier molecular flexibility index (Phi) is 9.41. The van der Waals surface area contributed by atoms with E-state index in [4.69, 9.17) is 4.74 Å². The van der Waals surface area contributed by atoms with Gasteiger partial charge in [-0.2, -0.15) is 0 Å².